The molecule has 0 N–H and O–H groups in total. The predicted octanol–water partition coefficient (Wildman–Crippen LogP) is 4.48. The largest absolute Gasteiger partial charge is 0.381 e. The zero-order valence-electron chi connectivity index (χ0n) is 13.4. The molecule has 2 nitrogen and oxygen atoms in total. The highest BCUT2D eigenvalue weighted by Crippen LogP contribution is 2.27. The highest BCUT2D eigenvalue weighted by atomic mass is 16.5. The van der Waals surface area contributed by atoms with Crippen LogP contribution in [0.3, 0.4) is 0 Å². The molecule has 1 fully saturated rings. The fraction of sp³-hybridized carbons (Fsp3) is 0.941. The number of ether oxygens (including phenoxy) is 2. The summed E-state index contributed by atoms with van der Waals surface area (Å²) < 4.78 is 11.3. The van der Waals surface area contributed by atoms with E-state index in [0.717, 1.165) is 19.6 Å². The van der Waals surface area contributed by atoms with Crippen molar-refractivity contribution >= 4 is 0 Å². The van der Waals surface area contributed by atoms with Gasteiger partial charge in [-0.25, -0.2) is 0 Å². The molecule has 113 valence electrons. The Bertz CT molecular complexity index is 211. The summed E-state index contributed by atoms with van der Waals surface area (Å²) in [5.74, 6) is 1.95. The average molecular weight is 269 g/mol. The highest BCUT2D eigenvalue weighted by molar-refractivity contribution is 4.85. The van der Waals surface area contributed by atoms with E-state index < -0.39 is 0 Å². The molecule has 1 aliphatic rings. The van der Waals surface area contributed by atoms with Crippen molar-refractivity contribution in [1.29, 1.82) is 0 Å². The summed E-state index contributed by atoms with van der Waals surface area (Å²) in [5, 5.41) is 0. The van der Waals surface area contributed by atoms with Gasteiger partial charge >= 0.3 is 0 Å². The molecule has 0 spiro atoms. The Labute approximate surface area is 120 Å². The van der Waals surface area contributed by atoms with Crippen LogP contribution in [-0.4, -0.2) is 26.4 Å². The van der Waals surface area contributed by atoms with Gasteiger partial charge in [-0.15, -0.1) is 0 Å². The van der Waals surface area contributed by atoms with Crippen LogP contribution < -0.4 is 0 Å². The van der Waals surface area contributed by atoms with E-state index >= 15 is 0 Å². The van der Waals surface area contributed by atoms with Gasteiger partial charge in [0.15, 0.2) is 0 Å². The second kappa shape index (κ2) is 9.77. The molecule has 0 aromatic heterocycles. The maximum atomic E-state index is 5.72. The number of hydrogen-bond donors (Lipinski definition) is 0. The molecule has 0 unspecified atom stereocenters. The van der Waals surface area contributed by atoms with Crippen molar-refractivity contribution in [2.45, 2.75) is 65.4 Å². The second-order valence-electron chi connectivity index (χ2n) is 6.28. The summed E-state index contributed by atoms with van der Waals surface area (Å²) in [7, 11) is 1.86. The Morgan fingerprint density at radius 1 is 1.37 bits per heavy atom. The molecular formula is C17H33O2. The van der Waals surface area contributed by atoms with E-state index in [1.165, 1.54) is 32.1 Å². The summed E-state index contributed by atoms with van der Waals surface area (Å²) in [6.07, 6.45) is 10.4. The molecule has 0 aromatic carbocycles. The summed E-state index contributed by atoms with van der Waals surface area (Å²) >= 11 is 0. The first kappa shape index (κ1) is 17.0. The maximum Gasteiger partial charge on any atom is 0.0599 e. The van der Waals surface area contributed by atoms with E-state index in [2.05, 4.69) is 27.2 Å². The van der Waals surface area contributed by atoms with Crippen LogP contribution in [0.1, 0.15) is 59.3 Å². The standard InChI is InChI=1S/C17H33O2/c1-5-6-8-15(3)17(18-4)12-14(2)11-16-9-7-10-19-13-16/h11,14-17H,5-10,12-13H2,1-4H3/t14-,15-,16-,17-/m0/s1. The topological polar surface area (TPSA) is 18.5 Å². The van der Waals surface area contributed by atoms with E-state index in [1.54, 1.807) is 0 Å². The van der Waals surface area contributed by atoms with E-state index in [9.17, 15) is 0 Å². The van der Waals surface area contributed by atoms with Gasteiger partial charge < -0.3 is 9.47 Å². The summed E-state index contributed by atoms with van der Waals surface area (Å²) in [6, 6.07) is 0. The van der Waals surface area contributed by atoms with Gasteiger partial charge in [0.1, 0.15) is 0 Å². The third-order valence-electron chi connectivity index (χ3n) is 4.35. The number of hydrogen-bond acceptors (Lipinski definition) is 2. The molecule has 4 atom stereocenters. The van der Waals surface area contributed by atoms with Crippen LogP contribution in [0.2, 0.25) is 0 Å². The van der Waals surface area contributed by atoms with Gasteiger partial charge in [0.25, 0.3) is 0 Å². The van der Waals surface area contributed by atoms with E-state index in [1.807, 2.05) is 7.11 Å². The van der Waals surface area contributed by atoms with Crippen molar-refractivity contribution in [3.05, 3.63) is 6.42 Å². The van der Waals surface area contributed by atoms with E-state index in [0.29, 0.717) is 23.9 Å². The van der Waals surface area contributed by atoms with Crippen molar-refractivity contribution < 1.29 is 9.47 Å². The van der Waals surface area contributed by atoms with Crippen molar-refractivity contribution in [1.82, 2.24) is 0 Å². The molecule has 0 bridgehead atoms. The average Bonchev–Trinajstić information content (AvgIpc) is 2.43. The molecule has 0 aliphatic carbocycles. The molecule has 0 aromatic rings. The lowest BCUT2D eigenvalue weighted by Crippen LogP contribution is -2.26. The highest BCUT2D eigenvalue weighted by Gasteiger charge is 2.22. The first-order valence-electron chi connectivity index (χ1n) is 8.12. The van der Waals surface area contributed by atoms with E-state index in [4.69, 9.17) is 9.47 Å². The minimum absolute atomic E-state index is 0.405. The normalized spacial score (nSPS) is 24.9. The Hall–Kier alpha value is -0.0800. The molecule has 2 heteroatoms. The maximum absolute atomic E-state index is 5.72. The fourth-order valence-corrected chi connectivity index (χ4v) is 3.10. The molecule has 1 saturated heterocycles. The van der Waals surface area contributed by atoms with Gasteiger partial charge in [-0.3, -0.25) is 0 Å². The number of methoxy groups -OCH3 is 1. The van der Waals surface area contributed by atoms with Crippen LogP contribution in [0.25, 0.3) is 0 Å². The fourth-order valence-electron chi connectivity index (χ4n) is 3.10. The Kier molecular flexibility index (Phi) is 8.72. The quantitative estimate of drug-likeness (QED) is 0.614. The van der Waals surface area contributed by atoms with Crippen LogP contribution >= 0.6 is 0 Å². The third kappa shape index (κ3) is 6.76. The van der Waals surface area contributed by atoms with Gasteiger partial charge in [-0.1, -0.05) is 33.6 Å². The zero-order valence-corrected chi connectivity index (χ0v) is 13.4. The predicted molar refractivity (Wildman–Crippen MR) is 81.1 cm³/mol. The van der Waals surface area contributed by atoms with Crippen LogP contribution in [0.15, 0.2) is 0 Å². The first-order chi connectivity index (χ1) is 9.17. The van der Waals surface area contributed by atoms with Crippen LogP contribution in [0.4, 0.5) is 0 Å². The molecule has 0 saturated carbocycles. The summed E-state index contributed by atoms with van der Waals surface area (Å²) in [5.41, 5.74) is 0. The van der Waals surface area contributed by atoms with Gasteiger partial charge in [-0.05, 0) is 49.9 Å². The minimum atomic E-state index is 0.405. The van der Waals surface area contributed by atoms with Crippen LogP contribution in [-0.2, 0) is 9.47 Å². The molecule has 1 aliphatic heterocycles. The Morgan fingerprint density at radius 3 is 2.74 bits per heavy atom. The third-order valence-corrected chi connectivity index (χ3v) is 4.35. The SMILES string of the molecule is CCCC[C@H](C)[C@H](C[C@@H](C)[CH][C@@H]1CCCOC1)OC. The minimum Gasteiger partial charge on any atom is -0.381 e. The van der Waals surface area contributed by atoms with Crippen LogP contribution in [0, 0.1) is 24.2 Å². The van der Waals surface area contributed by atoms with Crippen molar-refractivity contribution in [2.75, 3.05) is 20.3 Å². The Balaban J connectivity index is 2.28. The molecule has 0 amide bonds. The molecular weight excluding hydrogens is 236 g/mol. The number of rotatable bonds is 9. The molecule has 1 radical (unpaired) electrons. The number of unbranched alkanes of at least 4 members (excludes halogenated alkanes) is 1. The first-order valence-corrected chi connectivity index (χ1v) is 8.12. The molecule has 1 heterocycles. The van der Waals surface area contributed by atoms with Gasteiger partial charge in [0.2, 0.25) is 0 Å². The zero-order chi connectivity index (χ0) is 14.1. The van der Waals surface area contributed by atoms with Crippen molar-refractivity contribution in [3.63, 3.8) is 0 Å². The lowest BCUT2D eigenvalue weighted by Gasteiger charge is -2.29. The van der Waals surface area contributed by atoms with Gasteiger partial charge in [0.05, 0.1) is 6.10 Å². The lowest BCUT2D eigenvalue weighted by atomic mass is 9.85. The summed E-state index contributed by atoms with van der Waals surface area (Å²) in [4.78, 5) is 0. The monoisotopic (exact) mass is 269 g/mol. The van der Waals surface area contributed by atoms with Gasteiger partial charge in [-0.2, -0.15) is 0 Å². The van der Waals surface area contributed by atoms with Crippen LogP contribution in [0.5, 0.6) is 0 Å². The summed E-state index contributed by atoms with van der Waals surface area (Å²) in [6.45, 7) is 8.79. The van der Waals surface area contributed by atoms with E-state index in [-0.39, 0.29) is 0 Å². The van der Waals surface area contributed by atoms with Crippen molar-refractivity contribution in [2.24, 2.45) is 17.8 Å². The Morgan fingerprint density at radius 2 is 2.16 bits per heavy atom. The van der Waals surface area contributed by atoms with Gasteiger partial charge in [0, 0.05) is 20.3 Å². The molecule has 1 rings (SSSR count). The second-order valence-corrected chi connectivity index (χ2v) is 6.28. The van der Waals surface area contributed by atoms with Crippen molar-refractivity contribution in [3.8, 4) is 0 Å². The smallest absolute Gasteiger partial charge is 0.0599 e. The molecule has 19 heavy (non-hydrogen) atoms. The lowest BCUT2D eigenvalue weighted by molar-refractivity contribution is 0.0330.